The number of hydrogen-bond acceptors (Lipinski definition) is 7. The number of anilines is 2. The predicted molar refractivity (Wildman–Crippen MR) is 129 cm³/mol. The van der Waals surface area contributed by atoms with Crippen LogP contribution in [0.1, 0.15) is 62.4 Å². The molecule has 1 amide bonds. The van der Waals surface area contributed by atoms with Gasteiger partial charge in [-0.3, -0.25) is 9.78 Å². The summed E-state index contributed by atoms with van der Waals surface area (Å²) in [6.07, 6.45) is 9.40. The van der Waals surface area contributed by atoms with Crippen molar-refractivity contribution in [1.29, 1.82) is 0 Å². The lowest BCUT2D eigenvalue weighted by molar-refractivity contribution is 0.0997. The number of hydrogen-bond donors (Lipinski definition) is 2. The first-order chi connectivity index (χ1) is 16.1. The third-order valence-electron chi connectivity index (χ3n) is 5.75. The number of amides is 1. The molecule has 2 N–H and O–H groups in total. The number of nitrogens with one attached hydrogen (secondary N) is 2. The number of aromatic nitrogens is 3. The number of nitrogens with zero attached hydrogens (tertiary/aromatic N) is 3. The lowest BCUT2D eigenvalue weighted by atomic mass is 9.90. The lowest BCUT2D eigenvalue weighted by Crippen LogP contribution is -2.19. The largest absolute Gasteiger partial charge is 0.459 e. The molecule has 0 radical (unpaired) electrons. The molecule has 0 spiro atoms. The summed E-state index contributed by atoms with van der Waals surface area (Å²) in [5.41, 5.74) is 5.14. The summed E-state index contributed by atoms with van der Waals surface area (Å²) in [4.78, 5) is 27.8. The highest BCUT2D eigenvalue weighted by molar-refractivity contribution is 7.16. The Hall–Kier alpha value is -3.52. The van der Waals surface area contributed by atoms with Crippen LogP contribution >= 0.6 is 11.3 Å². The van der Waals surface area contributed by atoms with Crippen LogP contribution in [-0.2, 0) is 12.8 Å². The molecule has 0 aromatic carbocycles. The fraction of sp³-hybridized carbons (Fsp3) is 0.280. The van der Waals surface area contributed by atoms with Gasteiger partial charge >= 0.3 is 0 Å². The number of carbonyl (C=O) groups is 1. The average molecular weight is 460 g/mol. The molecule has 0 fully saturated rings. The third-order valence-corrected chi connectivity index (χ3v) is 6.97. The number of thiophene rings is 1. The minimum Gasteiger partial charge on any atom is -0.459 e. The number of pyridine rings is 1. The van der Waals surface area contributed by atoms with E-state index in [-0.39, 0.29) is 17.7 Å². The molecule has 4 aromatic heterocycles. The molecular weight excluding hydrogens is 434 g/mol. The Bertz CT molecular complexity index is 1250. The maximum absolute atomic E-state index is 12.9. The zero-order valence-corrected chi connectivity index (χ0v) is 19.4. The highest BCUT2D eigenvalue weighted by Crippen LogP contribution is 2.44. The highest BCUT2D eigenvalue weighted by atomic mass is 32.1. The van der Waals surface area contributed by atoms with Crippen molar-refractivity contribution in [2.24, 2.45) is 0 Å². The van der Waals surface area contributed by atoms with Crippen molar-refractivity contribution in [3.63, 3.8) is 0 Å². The molecule has 1 atom stereocenters. The van der Waals surface area contributed by atoms with Gasteiger partial charge in [0.1, 0.15) is 5.00 Å². The van der Waals surface area contributed by atoms with Crippen molar-refractivity contribution in [1.82, 2.24) is 15.0 Å². The molecule has 7 nitrogen and oxygen atoms in total. The normalized spacial score (nSPS) is 13.9. The number of aryl methyl sites for hydroxylation is 3. The molecule has 5 rings (SSSR count). The molecule has 0 saturated carbocycles. The number of rotatable bonds is 6. The third kappa shape index (κ3) is 4.52. The summed E-state index contributed by atoms with van der Waals surface area (Å²) in [5, 5.41) is 7.49. The van der Waals surface area contributed by atoms with Crippen LogP contribution < -0.4 is 10.6 Å². The fourth-order valence-electron chi connectivity index (χ4n) is 4.35. The van der Waals surface area contributed by atoms with Crippen LogP contribution in [0.4, 0.5) is 10.9 Å². The van der Waals surface area contributed by atoms with Crippen molar-refractivity contribution >= 4 is 28.2 Å². The van der Waals surface area contributed by atoms with Crippen molar-refractivity contribution in [2.75, 3.05) is 10.6 Å². The number of furan rings is 1. The molecule has 4 heterocycles. The molecule has 168 valence electrons. The van der Waals surface area contributed by atoms with E-state index in [1.54, 1.807) is 29.7 Å². The van der Waals surface area contributed by atoms with Crippen molar-refractivity contribution in [2.45, 2.75) is 45.6 Å². The fourth-order valence-corrected chi connectivity index (χ4v) is 5.67. The van der Waals surface area contributed by atoms with Gasteiger partial charge in [-0.25, -0.2) is 9.97 Å². The van der Waals surface area contributed by atoms with E-state index in [4.69, 9.17) is 4.42 Å². The van der Waals surface area contributed by atoms with Gasteiger partial charge in [0.05, 0.1) is 12.3 Å². The minimum atomic E-state index is -0.259. The number of fused-ring (bicyclic) bond motifs is 1. The summed E-state index contributed by atoms with van der Waals surface area (Å²) >= 11 is 1.65. The van der Waals surface area contributed by atoms with E-state index >= 15 is 0 Å². The van der Waals surface area contributed by atoms with Crippen LogP contribution in [0.15, 0.2) is 53.4 Å². The quantitative estimate of drug-likeness (QED) is 0.397. The maximum atomic E-state index is 12.9. The highest BCUT2D eigenvalue weighted by Gasteiger charge is 2.29. The summed E-state index contributed by atoms with van der Waals surface area (Å²) in [6.45, 7) is 3.92. The molecule has 0 unspecified atom stereocenters. The molecule has 0 aliphatic heterocycles. The van der Waals surface area contributed by atoms with E-state index in [9.17, 15) is 4.79 Å². The molecule has 0 bridgehead atoms. The Morgan fingerprint density at radius 1 is 1.12 bits per heavy atom. The first kappa shape index (κ1) is 21.3. The van der Waals surface area contributed by atoms with Crippen LogP contribution in [0, 0.1) is 13.8 Å². The Morgan fingerprint density at radius 2 is 1.94 bits per heavy atom. The van der Waals surface area contributed by atoms with Gasteiger partial charge < -0.3 is 15.1 Å². The Labute approximate surface area is 196 Å². The zero-order valence-electron chi connectivity index (χ0n) is 18.6. The van der Waals surface area contributed by atoms with Crippen LogP contribution in [0.2, 0.25) is 0 Å². The van der Waals surface area contributed by atoms with Crippen LogP contribution in [0.25, 0.3) is 0 Å². The van der Waals surface area contributed by atoms with Gasteiger partial charge in [0.25, 0.3) is 5.91 Å². The summed E-state index contributed by atoms with van der Waals surface area (Å²) in [5.74, 6) is 0.587. The Balaban J connectivity index is 1.61. The molecule has 4 aromatic rings. The van der Waals surface area contributed by atoms with E-state index < -0.39 is 0 Å². The molecule has 0 saturated heterocycles. The second-order valence-electron chi connectivity index (χ2n) is 8.22. The zero-order chi connectivity index (χ0) is 22.8. The first-order valence-corrected chi connectivity index (χ1v) is 11.9. The Morgan fingerprint density at radius 3 is 2.67 bits per heavy atom. The summed E-state index contributed by atoms with van der Waals surface area (Å²) in [6, 6.07) is 9.04. The van der Waals surface area contributed by atoms with Crippen LogP contribution in [-0.4, -0.2) is 20.9 Å². The second kappa shape index (κ2) is 9.15. The van der Waals surface area contributed by atoms with Gasteiger partial charge in [-0.1, -0.05) is 6.07 Å². The average Bonchev–Trinajstić information content (AvgIpc) is 3.46. The molecule has 33 heavy (non-hydrogen) atoms. The van der Waals surface area contributed by atoms with Gasteiger partial charge in [-0.15, -0.1) is 11.3 Å². The molecule has 1 aliphatic carbocycles. The minimum absolute atomic E-state index is 0.257. The van der Waals surface area contributed by atoms with E-state index in [0.717, 1.165) is 53.2 Å². The van der Waals surface area contributed by atoms with Crippen LogP contribution in [0.5, 0.6) is 0 Å². The van der Waals surface area contributed by atoms with Gasteiger partial charge in [0.15, 0.2) is 5.76 Å². The standard InChI is InChI=1S/C25H25N5O2S/c1-15-13-16(2)28-25(27-15)29-22(17-7-5-11-26-14-17)21-18-8-3-4-10-20(18)33-24(21)30-23(31)19-9-6-12-32-19/h5-7,9,11-14,22H,3-4,8,10H2,1-2H3,(H,30,31)(H,27,28,29)/t22-/m0/s1. The van der Waals surface area contributed by atoms with Crippen LogP contribution in [0.3, 0.4) is 0 Å². The second-order valence-corrected chi connectivity index (χ2v) is 9.33. The van der Waals surface area contributed by atoms with Gasteiger partial charge in [0, 0.05) is 34.2 Å². The van der Waals surface area contributed by atoms with Gasteiger partial charge in [-0.2, -0.15) is 0 Å². The lowest BCUT2D eigenvalue weighted by Gasteiger charge is -2.23. The van der Waals surface area contributed by atoms with Crippen molar-refractivity contribution < 1.29 is 9.21 Å². The molecular formula is C25H25N5O2S. The maximum Gasteiger partial charge on any atom is 0.291 e. The topological polar surface area (TPSA) is 92.9 Å². The Kier molecular flexibility index (Phi) is 5.92. The summed E-state index contributed by atoms with van der Waals surface area (Å²) in [7, 11) is 0. The molecule has 1 aliphatic rings. The number of carbonyl (C=O) groups excluding carboxylic acids is 1. The van der Waals surface area contributed by atoms with Gasteiger partial charge in [-0.05, 0) is 74.9 Å². The first-order valence-electron chi connectivity index (χ1n) is 11.1. The van der Waals surface area contributed by atoms with Crippen molar-refractivity contribution in [3.05, 3.63) is 87.7 Å². The molecule has 8 heteroatoms. The van der Waals surface area contributed by atoms with Gasteiger partial charge in [0.2, 0.25) is 5.95 Å². The smallest absolute Gasteiger partial charge is 0.291 e. The monoisotopic (exact) mass is 459 g/mol. The van der Waals surface area contributed by atoms with E-state index in [1.165, 1.54) is 16.7 Å². The van der Waals surface area contributed by atoms with E-state index in [2.05, 4.69) is 25.6 Å². The predicted octanol–water partition coefficient (Wildman–Crippen LogP) is 5.48. The SMILES string of the molecule is Cc1cc(C)nc(N[C@@H](c2cccnc2)c2c(NC(=O)c3ccco3)sc3c2CCCC3)n1. The summed E-state index contributed by atoms with van der Waals surface area (Å²) < 4.78 is 5.32. The van der Waals surface area contributed by atoms with E-state index in [1.807, 2.05) is 38.2 Å². The van der Waals surface area contributed by atoms with E-state index in [0.29, 0.717) is 5.95 Å². The van der Waals surface area contributed by atoms with Crippen molar-refractivity contribution in [3.8, 4) is 0 Å².